The molecule has 0 heterocycles. The molecule has 1 unspecified atom stereocenters. The van der Waals surface area contributed by atoms with Crippen molar-refractivity contribution in [1.82, 2.24) is 0 Å². The molecule has 1 heteroatoms. The summed E-state index contributed by atoms with van der Waals surface area (Å²) in [5, 5.41) is 10.3. The number of aliphatic hydroxyl groups is 1. The average molecular weight is 220 g/mol. The number of benzene rings is 1. The smallest absolute Gasteiger partial charge is 0.0662 e. The number of rotatable bonds is 4. The fourth-order valence-corrected chi connectivity index (χ4v) is 2.30. The molecule has 0 spiro atoms. The van der Waals surface area contributed by atoms with Crippen molar-refractivity contribution in [2.45, 2.75) is 53.1 Å². The summed E-state index contributed by atoms with van der Waals surface area (Å²) in [5.74, 6) is 0.529. The first-order valence-electron chi connectivity index (χ1n) is 6.09. The van der Waals surface area contributed by atoms with Crippen LogP contribution in [-0.2, 0) is 6.42 Å². The highest BCUT2D eigenvalue weighted by Gasteiger charge is 2.22. The van der Waals surface area contributed by atoms with Gasteiger partial charge in [0.25, 0.3) is 0 Å². The summed E-state index contributed by atoms with van der Waals surface area (Å²) >= 11 is 0. The van der Waals surface area contributed by atoms with E-state index in [2.05, 4.69) is 45.9 Å². The largest absolute Gasteiger partial charge is 0.390 e. The molecule has 1 rings (SSSR count). The molecule has 90 valence electrons. The van der Waals surface area contributed by atoms with Crippen LogP contribution in [0.2, 0.25) is 0 Å². The Morgan fingerprint density at radius 3 is 2.31 bits per heavy atom. The standard InChI is InChI=1S/C15H24O/c1-11(2)9-15(5,16)10-14-7-6-12(3)13(4)8-14/h6-8,11,16H,9-10H2,1-5H3. The number of aryl methyl sites for hydroxylation is 2. The van der Waals surface area contributed by atoms with Gasteiger partial charge in [0.05, 0.1) is 5.60 Å². The maximum Gasteiger partial charge on any atom is 0.0662 e. The van der Waals surface area contributed by atoms with E-state index in [0.717, 1.165) is 12.8 Å². The van der Waals surface area contributed by atoms with Gasteiger partial charge in [-0.2, -0.15) is 0 Å². The third-order valence-corrected chi connectivity index (χ3v) is 3.00. The predicted octanol–water partition coefficient (Wildman–Crippen LogP) is 3.64. The van der Waals surface area contributed by atoms with Crippen molar-refractivity contribution < 1.29 is 5.11 Å². The predicted molar refractivity (Wildman–Crippen MR) is 69.7 cm³/mol. The van der Waals surface area contributed by atoms with E-state index in [-0.39, 0.29) is 0 Å². The van der Waals surface area contributed by atoms with Crippen LogP contribution in [0.5, 0.6) is 0 Å². The molecule has 1 N–H and O–H groups in total. The maximum absolute atomic E-state index is 10.3. The highest BCUT2D eigenvalue weighted by atomic mass is 16.3. The maximum atomic E-state index is 10.3. The highest BCUT2D eigenvalue weighted by Crippen LogP contribution is 2.22. The van der Waals surface area contributed by atoms with Gasteiger partial charge < -0.3 is 5.11 Å². The van der Waals surface area contributed by atoms with Crippen molar-refractivity contribution in [3.8, 4) is 0 Å². The Morgan fingerprint density at radius 1 is 1.19 bits per heavy atom. The lowest BCUT2D eigenvalue weighted by Crippen LogP contribution is -2.29. The van der Waals surface area contributed by atoms with E-state index in [1.807, 2.05) is 6.92 Å². The van der Waals surface area contributed by atoms with E-state index < -0.39 is 5.60 Å². The van der Waals surface area contributed by atoms with E-state index >= 15 is 0 Å². The normalized spacial score (nSPS) is 15.2. The third-order valence-electron chi connectivity index (χ3n) is 3.00. The molecule has 0 aliphatic rings. The van der Waals surface area contributed by atoms with Gasteiger partial charge in [0.1, 0.15) is 0 Å². The second kappa shape index (κ2) is 5.01. The lowest BCUT2D eigenvalue weighted by atomic mass is 9.87. The zero-order valence-corrected chi connectivity index (χ0v) is 11.2. The van der Waals surface area contributed by atoms with E-state index in [1.165, 1.54) is 16.7 Å². The third kappa shape index (κ3) is 3.97. The van der Waals surface area contributed by atoms with Crippen LogP contribution in [0, 0.1) is 19.8 Å². The molecule has 0 aromatic heterocycles. The van der Waals surface area contributed by atoms with Gasteiger partial charge in [-0.25, -0.2) is 0 Å². The quantitative estimate of drug-likeness (QED) is 0.821. The first-order valence-corrected chi connectivity index (χ1v) is 6.09. The van der Waals surface area contributed by atoms with Gasteiger partial charge in [-0.1, -0.05) is 32.0 Å². The molecule has 0 fully saturated rings. The van der Waals surface area contributed by atoms with Gasteiger partial charge in [-0.15, -0.1) is 0 Å². The van der Waals surface area contributed by atoms with Crippen LogP contribution in [0.3, 0.4) is 0 Å². The van der Waals surface area contributed by atoms with E-state index in [9.17, 15) is 5.11 Å². The summed E-state index contributed by atoms with van der Waals surface area (Å²) in [7, 11) is 0. The molecule has 1 aromatic rings. The molecule has 0 aliphatic heterocycles. The molecular formula is C15H24O. The minimum Gasteiger partial charge on any atom is -0.390 e. The molecule has 0 saturated carbocycles. The van der Waals surface area contributed by atoms with Crippen LogP contribution in [-0.4, -0.2) is 10.7 Å². The lowest BCUT2D eigenvalue weighted by Gasteiger charge is -2.25. The van der Waals surface area contributed by atoms with Crippen molar-refractivity contribution in [3.05, 3.63) is 34.9 Å². The van der Waals surface area contributed by atoms with Crippen LogP contribution in [0.1, 0.15) is 43.9 Å². The molecule has 0 radical (unpaired) electrons. The molecule has 0 saturated heterocycles. The van der Waals surface area contributed by atoms with Gasteiger partial charge in [0, 0.05) is 6.42 Å². The molecule has 1 aromatic carbocycles. The lowest BCUT2D eigenvalue weighted by molar-refractivity contribution is 0.0388. The van der Waals surface area contributed by atoms with Gasteiger partial charge in [0.15, 0.2) is 0 Å². The first kappa shape index (κ1) is 13.2. The Kier molecular flexibility index (Phi) is 4.15. The fraction of sp³-hybridized carbons (Fsp3) is 0.600. The van der Waals surface area contributed by atoms with E-state index in [4.69, 9.17) is 0 Å². The summed E-state index contributed by atoms with van der Waals surface area (Å²) in [6.07, 6.45) is 1.59. The van der Waals surface area contributed by atoms with Crippen LogP contribution in [0.15, 0.2) is 18.2 Å². The van der Waals surface area contributed by atoms with Crippen LogP contribution in [0.4, 0.5) is 0 Å². The van der Waals surface area contributed by atoms with E-state index in [0.29, 0.717) is 5.92 Å². The van der Waals surface area contributed by atoms with Crippen molar-refractivity contribution >= 4 is 0 Å². The molecule has 0 bridgehead atoms. The molecule has 16 heavy (non-hydrogen) atoms. The summed E-state index contributed by atoms with van der Waals surface area (Å²) in [6, 6.07) is 6.44. The molecular weight excluding hydrogens is 196 g/mol. The second-order valence-electron chi connectivity index (χ2n) is 5.69. The second-order valence-corrected chi connectivity index (χ2v) is 5.69. The minimum absolute atomic E-state index is 0.529. The van der Waals surface area contributed by atoms with Gasteiger partial charge >= 0.3 is 0 Å². The van der Waals surface area contributed by atoms with Crippen molar-refractivity contribution in [2.24, 2.45) is 5.92 Å². The summed E-state index contributed by atoms with van der Waals surface area (Å²) in [4.78, 5) is 0. The Morgan fingerprint density at radius 2 is 1.81 bits per heavy atom. The minimum atomic E-state index is -0.587. The Bertz CT molecular complexity index is 350. The summed E-state index contributed by atoms with van der Waals surface area (Å²) < 4.78 is 0. The summed E-state index contributed by atoms with van der Waals surface area (Å²) in [6.45, 7) is 10.5. The van der Waals surface area contributed by atoms with Crippen molar-refractivity contribution in [1.29, 1.82) is 0 Å². The highest BCUT2D eigenvalue weighted by molar-refractivity contribution is 5.30. The van der Waals surface area contributed by atoms with Crippen LogP contribution >= 0.6 is 0 Å². The van der Waals surface area contributed by atoms with Crippen molar-refractivity contribution in [3.63, 3.8) is 0 Å². The summed E-state index contributed by atoms with van der Waals surface area (Å²) in [5.41, 5.74) is 3.26. The molecule has 0 aliphatic carbocycles. The molecule has 1 atom stereocenters. The fourth-order valence-electron chi connectivity index (χ4n) is 2.30. The Labute approximate surface area is 99.5 Å². The van der Waals surface area contributed by atoms with Crippen LogP contribution < -0.4 is 0 Å². The van der Waals surface area contributed by atoms with Gasteiger partial charge in [-0.05, 0) is 49.8 Å². The van der Waals surface area contributed by atoms with Crippen LogP contribution in [0.25, 0.3) is 0 Å². The Balaban J connectivity index is 2.76. The first-order chi connectivity index (χ1) is 7.30. The topological polar surface area (TPSA) is 20.2 Å². The SMILES string of the molecule is Cc1ccc(CC(C)(O)CC(C)C)cc1C. The Hall–Kier alpha value is -0.820. The zero-order valence-electron chi connectivity index (χ0n) is 11.2. The molecule has 0 amide bonds. The molecule has 1 nitrogen and oxygen atoms in total. The van der Waals surface area contributed by atoms with Gasteiger partial charge in [-0.3, -0.25) is 0 Å². The number of hydrogen-bond donors (Lipinski definition) is 1. The monoisotopic (exact) mass is 220 g/mol. The average Bonchev–Trinajstić information content (AvgIpc) is 2.08. The van der Waals surface area contributed by atoms with Gasteiger partial charge in [0.2, 0.25) is 0 Å². The zero-order chi connectivity index (χ0) is 12.3. The van der Waals surface area contributed by atoms with Crippen molar-refractivity contribution in [2.75, 3.05) is 0 Å². The van der Waals surface area contributed by atoms with E-state index in [1.54, 1.807) is 0 Å². The number of hydrogen-bond acceptors (Lipinski definition) is 1.